The summed E-state index contributed by atoms with van der Waals surface area (Å²) in [6, 6.07) is -0.770. The number of ether oxygens (including phenoxy) is 1. The van der Waals surface area contributed by atoms with Crippen LogP contribution in [0.25, 0.3) is 0 Å². The molecule has 1 saturated heterocycles. The summed E-state index contributed by atoms with van der Waals surface area (Å²) in [7, 11) is 0. The van der Waals surface area contributed by atoms with Crippen molar-refractivity contribution in [2.75, 3.05) is 6.61 Å². The van der Waals surface area contributed by atoms with E-state index in [0.717, 1.165) is 25.9 Å². The van der Waals surface area contributed by atoms with Crippen LogP contribution < -0.4 is 5.73 Å². The van der Waals surface area contributed by atoms with E-state index in [1.165, 1.54) is 0 Å². The molecule has 0 aromatic carbocycles. The number of hydrogen-bond acceptors (Lipinski definition) is 3. The molecule has 2 atom stereocenters. The van der Waals surface area contributed by atoms with Crippen LogP contribution in [0.4, 0.5) is 0 Å². The molecule has 1 aliphatic rings. The van der Waals surface area contributed by atoms with Crippen LogP contribution in [0.5, 0.6) is 0 Å². The number of carboxylic acid groups (broad SMARTS) is 1. The fraction of sp³-hybridized carbons (Fsp3) is 0.875. The Morgan fingerprint density at radius 3 is 2.92 bits per heavy atom. The van der Waals surface area contributed by atoms with Gasteiger partial charge in [0.2, 0.25) is 0 Å². The molecule has 0 bridgehead atoms. The summed E-state index contributed by atoms with van der Waals surface area (Å²) in [5.74, 6) is -0.941. The quantitative estimate of drug-likeness (QED) is 0.646. The summed E-state index contributed by atoms with van der Waals surface area (Å²) in [6.07, 6.45) is 3.65. The molecule has 1 heterocycles. The van der Waals surface area contributed by atoms with Crippen LogP contribution >= 0.6 is 0 Å². The Morgan fingerprint density at radius 2 is 2.42 bits per heavy atom. The molecule has 0 saturated carbocycles. The second-order valence-electron chi connectivity index (χ2n) is 3.17. The fourth-order valence-electron chi connectivity index (χ4n) is 1.38. The van der Waals surface area contributed by atoms with Gasteiger partial charge in [-0.15, -0.1) is 0 Å². The maximum absolute atomic E-state index is 10.4. The molecule has 3 N–H and O–H groups in total. The molecular weight excluding hydrogens is 158 g/mol. The number of nitrogens with two attached hydrogens (primary N) is 1. The Bertz CT molecular complexity index is 154. The van der Waals surface area contributed by atoms with E-state index in [1.54, 1.807) is 0 Å². The normalized spacial score (nSPS) is 26.6. The number of carboxylic acids is 1. The van der Waals surface area contributed by atoms with Gasteiger partial charge >= 0.3 is 5.97 Å². The van der Waals surface area contributed by atoms with Crippen LogP contribution in [-0.4, -0.2) is 29.8 Å². The van der Waals surface area contributed by atoms with Crippen LogP contribution in [0.15, 0.2) is 0 Å². The highest BCUT2D eigenvalue weighted by Gasteiger charge is 2.20. The van der Waals surface area contributed by atoms with E-state index in [2.05, 4.69) is 0 Å². The van der Waals surface area contributed by atoms with E-state index in [-0.39, 0.29) is 6.10 Å². The first-order chi connectivity index (χ1) is 5.70. The molecule has 0 amide bonds. The molecule has 4 nitrogen and oxygen atoms in total. The highest BCUT2D eigenvalue weighted by atomic mass is 16.5. The third-order valence-electron chi connectivity index (χ3n) is 2.11. The topological polar surface area (TPSA) is 72.5 Å². The van der Waals surface area contributed by atoms with Crippen molar-refractivity contribution in [1.29, 1.82) is 0 Å². The molecule has 1 fully saturated rings. The van der Waals surface area contributed by atoms with Crippen LogP contribution in [-0.2, 0) is 9.53 Å². The monoisotopic (exact) mass is 173 g/mol. The van der Waals surface area contributed by atoms with Crippen LogP contribution in [0, 0.1) is 0 Å². The number of aliphatic carboxylic acids is 1. The fourth-order valence-corrected chi connectivity index (χ4v) is 1.38. The molecule has 0 radical (unpaired) electrons. The van der Waals surface area contributed by atoms with Gasteiger partial charge in [-0.25, -0.2) is 0 Å². The smallest absolute Gasteiger partial charge is 0.320 e. The van der Waals surface area contributed by atoms with Crippen LogP contribution in [0.3, 0.4) is 0 Å². The molecule has 0 spiro atoms. The Balaban J connectivity index is 2.24. The van der Waals surface area contributed by atoms with Crippen molar-refractivity contribution < 1.29 is 14.6 Å². The van der Waals surface area contributed by atoms with Gasteiger partial charge in [0.15, 0.2) is 0 Å². The predicted molar refractivity (Wildman–Crippen MR) is 43.8 cm³/mol. The van der Waals surface area contributed by atoms with Gasteiger partial charge in [-0.2, -0.15) is 0 Å². The summed E-state index contributed by atoms with van der Waals surface area (Å²) in [4.78, 5) is 10.4. The van der Waals surface area contributed by atoms with Gasteiger partial charge in [0.1, 0.15) is 6.04 Å². The lowest BCUT2D eigenvalue weighted by molar-refractivity contribution is -0.139. The van der Waals surface area contributed by atoms with Crippen LogP contribution in [0.2, 0.25) is 0 Å². The number of carbonyl (C=O) groups is 1. The van der Waals surface area contributed by atoms with Crippen LogP contribution in [0.1, 0.15) is 25.7 Å². The highest BCUT2D eigenvalue weighted by molar-refractivity contribution is 5.73. The lowest BCUT2D eigenvalue weighted by Crippen LogP contribution is -2.35. The minimum atomic E-state index is -0.941. The SMILES string of the molecule is N[C@H](C[C@H]1CCCCO1)C(=O)O. The largest absolute Gasteiger partial charge is 0.480 e. The Labute approximate surface area is 71.7 Å². The summed E-state index contributed by atoms with van der Waals surface area (Å²) in [5.41, 5.74) is 5.37. The second-order valence-corrected chi connectivity index (χ2v) is 3.17. The average molecular weight is 173 g/mol. The van der Waals surface area contributed by atoms with Crippen molar-refractivity contribution in [3.63, 3.8) is 0 Å². The molecule has 0 unspecified atom stereocenters. The van der Waals surface area contributed by atoms with E-state index < -0.39 is 12.0 Å². The average Bonchev–Trinajstić information content (AvgIpc) is 2.06. The Morgan fingerprint density at radius 1 is 1.67 bits per heavy atom. The molecule has 1 rings (SSSR count). The minimum absolute atomic E-state index is 0.0600. The third-order valence-corrected chi connectivity index (χ3v) is 2.11. The predicted octanol–water partition coefficient (Wildman–Crippen LogP) is 0.357. The first-order valence-electron chi connectivity index (χ1n) is 4.30. The van der Waals surface area contributed by atoms with Crippen molar-refractivity contribution in [2.45, 2.75) is 37.8 Å². The van der Waals surface area contributed by atoms with Crippen molar-refractivity contribution in [3.05, 3.63) is 0 Å². The first-order valence-corrected chi connectivity index (χ1v) is 4.30. The number of rotatable bonds is 3. The van der Waals surface area contributed by atoms with Crippen molar-refractivity contribution in [2.24, 2.45) is 5.73 Å². The minimum Gasteiger partial charge on any atom is -0.480 e. The zero-order chi connectivity index (χ0) is 8.97. The molecule has 4 heteroatoms. The molecule has 0 aliphatic carbocycles. The molecule has 70 valence electrons. The zero-order valence-electron chi connectivity index (χ0n) is 7.03. The summed E-state index contributed by atoms with van der Waals surface area (Å²) < 4.78 is 5.36. The second kappa shape index (κ2) is 4.42. The van der Waals surface area contributed by atoms with Gasteiger partial charge < -0.3 is 15.6 Å². The molecule has 0 aromatic rings. The summed E-state index contributed by atoms with van der Waals surface area (Å²) in [5, 5.41) is 8.53. The standard InChI is InChI=1S/C8H15NO3/c9-7(8(10)11)5-6-3-1-2-4-12-6/h6-7H,1-5,9H2,(H,10,11)/t6-,7-/m1/s1. The van der Waals surface area contributed by atoms with Gasteiger partial charge in [-0.1, -0.05) is 0 Å². The van der Waals surface area contributed by atoms with Gasteiger partial charge in [0, 0.05) is 6.61 Å². The van der Waals surface area contributed by atoms with E-state index in [0.29, 0.717) is 6.42 Å². The van der Waals surface area contributed by atoms with Crippen molar-refractivity contribution in [1.82, 2.24) is 0 Å². The summed E-state index contributed by atoms with van der Waals surface area (Å²) in [6.45, 7) is 0.747. The van der Waals surface area contributed by atoms with E-state index in [9.17, 15) is 4.79 Å². The Kier molecular flexibility index (Phi) is 3.49. The van der Waals surface area contributed by atoms with Gasteiger partial charge in [-0.05, 0) is 25.7 Å². The number of hydrogen-bond donors (Lipinski definition) is 2. The molecule has 0 aromatic heterocycles. The molecule has 1 aliphatic heterocycles. The maximum Gasteiger partial charge on any atom is 0.320 e. The lowest BCUT2D eigenvalue weighted by Gasteiger charge is -2.23. The zero-order valence-corrected chi connectivity index (χ0v) is 7.03. The van der Waals surface area contributed by atoms with Crippen molar-refractivity contribution >= 4 is 5.97 Å². The van der Waals surface area contributed by atoms with E-state index >= 15 is 0 Å². The molecule has 12 heavy (non-hydrogen) atoms. The maximum atomic E-state index is 10.4. The molecular formula is C8H15NO3. The van der Waals surface area contributed by atoms with E-state index in [4.69, 9.17) is 15.6 Å². The first kappa shape index (κ1) is 9.48. The highest BCUT2D eigenvalue weighted by Crippen LogP contribution is 2.16. The Hall–Kier alpha value is -0.610. The van der Waals surface area contributed by atoms with E-state index in [1.807, 2.05) is 0 Å². The lowest BCUT2D eigenvalue weighted by atomic mass is 10.0. The van der Waals surface area contributed by atoms with Gasteiger partial charge in [0.25, 0.3) is 0 Å². The van der Waals surface area contributed by atoms with Crippen molar-refractivity contribution in [3.8, 4) is 0 Å². The van der Waals surface area contributed by atoms with Gasteiger partial charge in [-0.3, -0.25) is 4.79 Å². The summed E-state index contributed by atoms with van der Waals surface area (Å²) >= 11 is 0. The third kappa shape index (κ3) is 2.79. The van der Waals surface area contributed by atoms with Gasteiger partial charge in [0.05, 0.1) is 6.10 Å².